The van der Waals surface area contributed by atoms with Crippen molar-refractivity contribution in [3.63, 3.8) is 0 Å². The molecule has 1 aliphatic carbocycles. The van der Waals surface area contributed by atoms with Crippen molar-refractivity contribution in [1.82, 2.24) is 5.32 Å². The summed E-state index contributed by atoms with van der Waals surface area (Å²) in [6.07, 6.45) is 4.27. The van der Waals surface area contributed by atoms with Crippen LogP contribution in [-0.2, 0) is 16.0 Å². The molecule has 0 radical (unpaired) electrons. The first-order valence-electron chi connectivity index (χ1n) is 8.22. The molecule has 0 heterocycles. The Balaban J connectivity index is 1.94. The van der Waals surface area contributed by atoms with Crippen molar-refractivity contribution in [2.75, 3.05) is 14.2 Å². The van der Waals surface area contributed by atoms with Gasteiger partial charge >= 0.3 is 5.97 Å². The third kappa shape index (κ3) is 4.63. The molecule has 0 unspecified atom stereocenters. The van der Waals surface area contributed by atoms with Crippen molar-refractivity contribution < 1.29 is 24.2 Å². The zero-order valence-corrected chi connectivity index (χ0v) is 14.3. The predicted octanol–water partition coefficient (Wildman–Crippen LogP) is 2.54. The van der Waals surface area contributed by atoms with Gasteiger partial charge in [0.2, 0.25) is 5.91 Å². The van der Waals surface area contributed by atoms with Crippen molar-refractivity contribution in [3.8, 4) is 11.5 Å². The fourth-order valence-corrected chi connectivity index (χ4v) is 3.34. The van der Waals surface area contributed by atoms with Gasteiger partial charge in [-0.3, -0.25) is 9.59 Å². The Hall–Kier alpha value is -2.24. The molecule has 132 valence electrons. The topological polar surface area (TPSA) is 84.9 Å². The number of carboxylic acids is 1. The second kappa shape index (κ2) is 8.04. The molecule has 0 saturated heterocycles. The minimum Gasteiger partial charge on any atom is -0.493 e. The minimum absolute atomic E-state index is 0.00486. The lowest BCUT2D eigenvalue weighted by atomic mass is 9.93. The smallest absolute Gasteiger partial charge is 0.305 e. The highest BCUT2D eigenvalue weighted by molar-refractivity contribution is 5.78. The average molecular weight is 335 g/mol. The Morgan fingerprint density at radius 2 is 1.83 bits per heavy atom. The van der Waals surface area contributed by atoms with Gasteiger partial charge in [-0.05, 0) is 37.0 Å². The summed E-state index contributed by atoms with van der Waals surface area (Å²) in [5.41, 5.74) is 0.405. The number of aliphatic carboxylic acids is 1. The van der Waals surface area contributed by atoms with Crippen LogP contribution in [0.5, 0.6) is 11.5 Å². The van der Waals surface area contributed by atoms with Gasteiger partial charge in [0.15, 0.2) is 11.5 Å². The lowest BCUT2D eigenvalue weighted by Gasteiger charge is -2.28. The first-order chi connectivity index (χ1) is 11.5. The molecule has 0 aliphatic heterocycles. The van der Waals surface area contributed by atoms with E-state index in [1.807, 2.05) is 18.2 Å². The zero-order valence-electron chi connectivity index (χ0n) is 14.3. The third-order valence-electron chi connectivity index (χ3n) is 4.54. The summed E-state index contributed by atoms with van der Waals surface area (Å²) in [6.45, 7) is 0. The van der Waals surface area contributed by atoms with E-state index in [0.717, 1.165) is 31.2 Å². The minimum atomic E-state index is -0.864. The maximum Gasteiger partial charge on any atom is 0.305 e. The number of benzene rings is 1. The molecule has 0 spiro atoms. The lowest BCUT2D eigenvalue weighted by Crippen LogP contribution is -2.47. The van der Waals surface area contributed by atoms with E-state index in [9.17, 15) is 9.59 Å². The summed E-state index contributed by atoms with van der Waals surface area (Å²) in [5.74, 6) is 0.315. The van der Waals surface area contributed by atoms with Crippen LogP contribution in [0.25, 0.3) is 0 Å². The van der Waals surface area contributed by atoms with Crippen LogP contribution >= 0.6 is 0 Å². The summed E-state index contributed by atoms with van der Waals surface area (Å²) in [4.78, 5) is 23.4. The second-order valence-corrected chi connectivity index (χ2v) is 6.30. The van der Waals surface area contributed by atoms with Crippen LogP contribution in [-0.4, -0.2) is 36.7 Å². The summed E-state index contributed by atoms with van der Waals surface area (Å²) in [5, 5.41) is 12.1. The molecule has 6 heteroatoms. The highest BCUT2D eigenvalue weighted by atomic mass is 16.5. The van der Waals surface area contributed by atoms with Gasteiger partial charge in [-0.2, -0.15) is 0 Å². The van der Waals surface area contributed by atoms with Crippen LogP contribution in [0.3, 0.4) is 0 Å². The van der Waals surface area contributed by atoms with Crippen LogP contribution < -0.4 is 14.8 Å². The number of carbonyl (C=O) groups is 2. The van der Waals surface area contributed by atoms with Crippen molar-refractivity contribution >= 4 is 11.9 Å². The quantitative estimate of drug-likeness (QED) is 0.762. The van der Waals surface area contributed by atoms with E-state index in [1.165, 1.54) is 0 Å². The Labute approximate surface area is 142 Å². The molecule has 1 aromatic carbocycles. The van der Waals surface area contributed by atoms with Gasteiger partial charge in [0.25, 0.3) is 0 Å². The summed E-state index contributed by atoms with van der Waals surface area (Å²) in [7, 11) is 3.15. The molecule has 1 fully saturated rings. The fraction of sp³-hybridized carbons (Fsp3) is 0.556. The Morgan fingerprint density at radius 1 is 1.17 bits per heavy atom. The number of hydrogen-bond donors (Lipinski definition) is 2. The van der Waals surface area contributed by atoms with Gasteiger partial charge in [-0.15, -0.1) is 0 Å². The maximum absolute atomic E-state index is 12.3. The number of carbonyl (C=O) groups excluding carboxylic acids is 1. The van der Waals surface area contributed by atoms with Gasteiger partial charge < -0.3 is 19.9 Å². The van der Waals surface area contributed by atoms with Crippen molar-refractivity contribution in [1.29, 1.82) is 0 Å². The number of amides is 1. The Bertz CT molecular complexity index is 593. The number of hydrogen-bond acceptors (Lipinski definition) is 4. The summed E-state index contributed by atoms with van der Waals surface area (Å²) >= 11 is 0. The summed E-state index contributed by atoms with van der Waals surface area (Å²) < 4.78 is 10.5. The molecule has 1 amide bonds. The number of nitrogens with one attached hydrogen (secondary N) is 1. The first kappa shape index (κ1) is 18.1. The third-order valence-corrected chi connectivity index (χ3v) is 4.54. The van der Waals surface area contributed by atoms with Crippen molar-refractivity contribution in [3.05, 3.63) is 23.8 Å². The molecule has 2 N–H and O–H groups in total. The molecule has 1 aliphatic rings. The number of aryl methyl sites for hydroxylation is 1. The molecule has 0 aromatic heterocycles. The molecule has 24 heavy (non-hydrogen) atoms. The largest absolute Gasteiger partial charge is 0.493 e. The SMILES string of the molecule is COc1ccc(CCC(=O)NC2(CC(=O)O)CCCC2)cc1OC. The average Bonchev–Trinajstić information content (AvgIpc) is 2.99. The maximum atomic E-state index is 12.3. The van der Waals surface area contributed by atoms with E-state index in [0.29, 0.717) is 24.3 Å². The van der Waals surface area contributed by atoms with E-state index in [2.05, 4.69) is 5.32 Å². The van der Waals surface area contributed by atoms with Gasteiger partial charge in [-0.25, -0.2) is 0 Å². The van der Waals surface area contributed by atoms with Crippen molar-refractivity contribution in [2.45, 2.75) is 50.5 Å². The first-order valence-corrected chi connectivity index (χ1v) is 8.22. The van der Waals surface area contributed by atoms with E-state index in [-0.39, 0.29) is 12.3 Å². The standard InChI is InChI=1S/C18H25NO5/c1-23-14-7-5-13(11-15(14)24-2)6-8-16(20)19-18(12-17(21)22)9-3-4-10-18/h5,7,11H,3-4,6,8-10,12H2,1-2H3,(H,19,20)(H,21,22). The fourth-order valence-electron chi connectivity index (χ4n) is 3.34. The van der Waals surface area contributed by atoms with Crippen molar-refractivity contribution in [2.24, 2.45) is 0 Å². The van der Waals surface area contributed by atoms with Gasteiger partial charge in [0.05, 0.1) is 26.2 Å². The Kier molecular flexibility index (Phi) is 6.06. The molecular weight excluding hydrogens is 310 g/mol. The molecule has 6 nitrogen and oxygen atoms in total. The molecule has 1 saturated carbocycles. The number of carboxylic acid groups (broad SMARTS) is 1. The summed E-state index contributed by atoms with van der Waals surface area (Å²) in [6, 6.07) is 5.57. The Morgan fingerprint density at radius 3 is 2.42 bits per heavy atom. The number of rotatable bonds is 8. The van der Waals surface area contributed by atoms with Gasteiger partial charge in [0, 0.05) is 6.42 Å². The van der Waals surface area contributed by atoms with E-state index >= 15 is 0 Å². The normalized spacial score (nSPS) is 15.8. The van der Waals surface area contributed by atoms with Gasteiger partial charge in [0.1, 0.15) is 0 Å². The molecule has 2 rings (SSSR count). The van der Waals surface area contributed by atoms with Crippen LogP contribution in [0.1, 0.15) is 44.1 Å². The van der Waals surface area contributed by atoms with E-state index < -0.39 is 11.5 Å². The van der Waals surface area contributed by atoms with Crippen LogP contribution in [0.2, 0.25) is 0 Å². The molecule has 0 bridgehead atoms. The second-order valence-electron chi connectivity index (χ2n) is 6.30. The van der Waals surface area contributed by atoms with E-state index in [1.54, 1.807) is 14.2 Å². The van der Waals surface area contributed by atoms with E-state index in [4.69, 9.17) is 14.6 Å². The highest BCUT2D eigenvalue weighted by Crippen LogP contribution is 2.33. The lowest BCUT2D eigenvalue weighted by molar-refractivity contribution is -0.139. The molecular formula is C18H25NO5. The van der Waals surface area contributed by atoms with Crippen LogP contribution in [0.4, 0.5) is 0 Å². The predicted molar refractivity (Wildman–Crippen MR) is 89.5 cm³/mol. The molecule has 0 atom stereocenters. The number of methoxy groups -OCH3 is 2. The zero-order chi connectivity index (χ0) is 17.6. The highest BCUT2D eigenvalue weighted by Gasteiger charge is 2.37. The van der Waals surface area contributed by atoms with Crippen LogP contribution in [0, 0.1) is 0 Å². The monoisotopic (exact) mass is 335 g/mol. The number of ether oxygens (including phenoxy) is 2. The van der Waals surface area contributed by atoms with Gasteiger partial charge in [-0.1, -0.05) is 18.9 Å². The van der Waals surface area contributed by atoms with Crippen LogP contribution in [0.15, 0.2) is 18.2 Å². The molecule has 1 aromatic rings.